The van der Waals surface area contributed by atoms with Crippen LogP contribution in [-0.4, -0.2) is 48.6 Å². The second-order valence-electron chi connectivity index (χ2n) is 7.50. The zero-order valence-electron chi connectivity index (χ0n) is 17.0. The number of aryl methyl sites for hydroxylation is 2. The van der Waals surface area contributed by atoms with Crippen molar-refractivity contribution < 1.29 is 9.53 Å². The zero-order valence-corrected chi connectivity index (χ0v) is 18.5. The first-order valence-electron chi connectivity index (χ1n) is 9.90. The van der Waals surface area contributed by atoms with Crippen molar-refractivity contribution in [3.05, 3.63) is 63.6 Å². The molecule has 3 aromatic rings. The van der Waals surface area contributed by atoms with E-state index in [-0.39, 0.29) is 12.5 Å². The van der Waals surface area contributed by atoms with Gasteiger partial charge in [0.1, 0.15) is 11.6 Å². The Bertz CT molecular complexity index is 1100. The van der Waals surface area contributed by atoms with Gasteiger partial charge in [-0.1, -0.05) is 41.4 Å². The molecule has 0 aliphatic carbocycles. The number of benzene rings is 2. The number of ether oxygens (including phenoxy) is 1. The number of nitrogens with zero attached hydrogens (tertiary/aromatic N) is 3. The molecule has 0 N–H and O–H groups in total. The van der Waals surface area contributed by atoms with Crippen molar-refractivity contribution in [3.8, 4) is 5.75 Å². The first-order valence-corrected chi connectivity index (χ1v) is 10.7. The number of aromatic nitrogens is 1. The Balaban J connectivity index is 1.39. The largest absolute Gasteiger partial charge is 0.482 e. The molecule has 1 aromatic heterocycles. The fraction of sp³-hybridized carbons (Fsp3) is 0.304. The van der Waals surface area contributed by atoms with Crippen LogP contribution in [0.15, 0.2) is 42.5 Å². The molecule has 1 fully saturated rings. The maximum atomic E-state index is 12.6. The van der Waals surface area contributed by atoms with Crippen LogP contribution in [0.3, 0.4) is 0 Å². The molecule has 1 aliphatic rings. The smallest absolute Gasteiger partial charge is 0.260 e. The van der Waals surface area contributed by atoms with Crippen LogP contribution in [0.1, 0.15) is 11.1 Å². The number of piperazine rings is 1. The number of rotatable bonds is 4. The monoisotopic (exact) mass is 443 g/mol. The minimum Gasteiger partial charge on any atom is -0.482 e. The number of pyridine rings is 1. The lowest BCUT2D eigenvalue weighted by Gasteiger charge is -2.35. The third-order valence-electron chi connectivity index (χ3n) is 5.44. The standard InChI is InChI=1S/C23H23Cl2N3O2/c1-15-4-3-5-18-16(2)12-21(26-23(15)18)27-8-10-28(11-9-27)22(29)14-30-20-13-17(24)6-7-19(20)25/h3-7,12-13H,8-11,14H2,1-2H3. The third-order valence-corrected chi connectivity index (χ3v) is 5.98. The summed E-state index contributed by atoms with van der Waals surface area (Å²) in [6, 6.07) is 13.3. The first-order chi connectivity index (χ1) is 14.4. The average molecular weight is 444 g/mol. The van der Waals surface area contributed by atoms with E-state index >= 15 is 0 Å². The van der Waals surface area contributed by atoms with Crippen molar-refractivity contribution in [1.29, 1.82) is 0 Å². The number of hydrogen-bond donors (Lipinski definition) is 0. The quantitative estimate of drug-likeness (QED) is 0.575. The Kier molecular flexibility index (Phi) is 6.02. The number of amides is 1. The van der Waals surface area contributed by atoms with E-state index in [1.54, 1.807) is 18.2 Å². The van der Waals surface area contributed by atoms with Gasteiger partial charge in [-0.15, -0.1) is 0 Å². The first kappa shape index (κ1) is 20.8. The van der Waals surface area contributed by atoms with Crippen LogP contribution in [0.25, 0.3) is 10.9 Å². The van der Waals surface area contributed by atoms with Crippen LogP contribution in [0.2, 0.25) is 10.0 Å². The summed E-state index contributed by atoms with van der Waals surface area (Å²) in [4.78, 5) is 21.5. The Morgan fingerprint density at radius 3 is 2.57 bits per heavy atom. The minimum atomic E-state index is -0.0656. The molecule has 0 atom stereocenters. The summed E-state index contributed by atoms with van der Waals surface area (Å²) in [6.45, 7) is 6.84. The van der Waals surface area contributed by atoms with Crippen molar-refractivity contribution in [2.45, 2.75) is 13.8 Å². The van der Waals surface area contributed by atoms with E-state index in [1.807, 2.05) is 4.90 Å². The summed E-state index contributed by atoms with van der Waals surface area (Å²) >= 11 is 12.1. The predicted octanol–water partition coefficient (Wildman–Crippen LogP) is 4.89. The summed E-state index contributed by atoms with van der Waals surface area (Å²) < 4.78 is 5.59. The molecule has 1 aliphatic heterocycles. The van der Waals surface area contributed by atoms with Crippen molar-refractivity contribution in [1.82, 2.24) is 9.88 Å². The van der Waals surface area contributed by atoms with Gasteiger partial charge in [-0.3, -0.25) is 4.79 Å². The maximum Gasteiger partial charge on any atom is 0.260 e. The van der Waals surface area contributed by atoms with Crippen molar-refractivity contribution >= 4 is 45.8 Å². The lowest BCUT2D eigenvalue weighted by Crippen LogP contribution is -2.50. The zero-order chi connectivity index (χ0) is 21.3. The van der Waals surface area contributed by atoms with Crippen LogP contribution < -0.4 is 9.64 Å². The average Bonchev–Trinajstić information content (AvgIpc) is 2.75. The van der Waals surface area contributed by atoms with E-state index < -0.39 is 0 Å². The number of carbonyl (C=O) groups excluding carboxylic acids is 1. The van der Waals surface area contributed by atoms with Gasteiger partial charge in [0.25, 0.3) is 5.91 Å². The van der Waals surface area contributed by atoms with Gasteiger partial charge in [0.2, 0.25) is 0 Å². The van der Waals surface area contributed by atoms with Gasteiger partial charge in [-0.25, -0.2) is 4.98 Å². The van der Waals surface area contributed by atoms with E-state index in [0.29, 0.717) is 28.9 Å². The summed E-state index contributed by atoms with van der Waals surface area (Å²) in [5.74, 6) is 1.31. The molecule has 1 amide bonds. The molecule has 1 saturated heterocycles. The van der Waals surface area contributed by atoms with Gasteiger partial charge in [0, 0.05) is 42.7 Å². The number of para-hydroxylation sites is 1. The second kappa shape index (κ2) is 8.70. The third kappa shape index (κ3) is 4.32. The molecular formula is C23H23Cl2N3O2. The van der Waals surface area contributed by atoms with Crippen LogP contribution in [0.5, 0.6) is 5.75 Å². The normalized spacial score (nSPS) is 14.3. The Morgan fingerprint density at radius 1 is 1.03 bits per heavy atom. The highest BCUT2D eigenvalue weighted by Crippen LogP contribution is 2.28. The minimum absolute atomic E-state index is 0.0629. The van der Waals surface area contributed by atoms with Gasteiger partial charge in [0.05, 0.1) is 10.5 Å². The highest BCUT2D eigenvalue weighted by atomic mass is 35.5. The SMILES string of the molecule is Cc1cc(N2CCN(C(=O)COc3cc(Cl)ccc3Cl)CC2)nc2c(C)cccc12. The van der Waals surface area contributed by atoms with E-state index in [1.165, 1.54) is 16.5 Å². The van der Waals surface area contributed by atoms with Crippen LogP contribution in [0, 0.1) is 13.8 Å². The van der Waals surface area contributed by atoms with Crippen LogP contribution in [-0.2, 0) is 4.79 Å². The summed E-state index contributed by atoms with van der Waals surface area (Å²) in [6.07, 6.45) is 0. The molecule has 2 aromatic carbocycles. The molecule has 0 spiro atoms. The van der Waals surface area contributed by atoms with Crippen molar-refractivity contribution in [2.24, 2.45) is 0 Å². The highest BCUT2D eigenvalue weighted by Gasteiger charge is 2.23. The van der Waals surface area contributed by atoms with Gasteiger partial charge in [-0.2, -0.15) is 0 Å². The van der Waals surface area contributed by atoms with E-state index in [9.17, 15) is 4.79 Å². The molecule has 5 nitrogen and oxygen atoms in total. The van der Waals surface area contributed by atoms with Crippen LogP contribution in [0.4, 0.5) is 5.82 Å². The Labute approximate surface area is 186 Å². The molecule has 0 radical (unpaired) electrons. The van der Waals surface area contributed by atoms with Gasteiger partial charge >= 0.3 is 0 Å². The van der Waals surface area contributed by atoms with E-state index in [0.717, 1.165) is 24.4 Å². The summed E-state index contributed by atoms with van der Waals surface area (Å²) in [7, 11) is 0. The van der Waals surface area contributed by atoms with Gasteiger partial charge in [0.15, 0.2) is 6.61 Å². The van der Waals surface area contributed by atoms with E-state index in [4.69, 9.17) is 32.9 Å². The molecule has 0 bridgehead atoms. The molecule has 7 heteroatoms. The Morgan fingerprint density at radius 2 is 1.80 bits per heavy atom. The summed E-state index contributed by atoms with van der Waals surface area (Å²) in [5, 5.41) is 2.14. The topological polar surface area (TPSA) is 45.7 Å². The highest BCUT2D eigenvalue weighted by molar-refractivity contribution is 6.34. The Hall–Kier alpha value is -2.50. The molecule has 4 rings (SSSR count). The second-order valence-corrected chi connectivity index (χ2v) is 8.34. The van der Waals surface area contributed by atoms with Gasteiger partial charge in [-0.05, 0) is 43.2 Å². The molecule has 0 unspecified atom stereocenters. The maximum absolute atomic E-state index is 12.6. The summed E-state index contributed by atoms with van der Waals surface area (Å²) in [5.41, 5.74) is 3.42. The fourth-order valence-corrected chi connectivity index (χ4v) is 4.04. The molecule has 30 heavy (non-hydrogen) atoms. The number of fused-ring (bicyclic) bond motifs is 1. The molecule has 156 valence electrons. The van der Waals surface area contributed by atoms with Crippen LogP contribution >= 0.6 is 23.2 Å². The fourth-order valence-electron chi connectivity index (χ4n) is 3.71. The van der Waals surface area contributed by atoms with E-state index in [2.05, 4.69) is 43.0 Å². The number of anilines is 1. The van der Waals surface area contributed by atoms with Gasteiger partial charge < -0.3 is 14.5 Å². The van der Waals surface area contributed by atoms with Crippen molar-refractivity contribution in [2.75, 3.05) is 37.7 Å². The molecule has 0 saturated carbocycles. The van der Waals surface area contributed by atoms with Crippen molar-refractivity contribution in [3.63, 3.8) is 0 Å². The lowest BCUT2D eigenvalue weighted by molar-refractivity contribution is -0.133. The number of halogens is 2. The number of hydrogen-bond acceptors (Lipinski definition) is 4. The predicted molar refractivity (Wildman–Crippen MR) is 122 cm³/mol. The number of carbonyl (C=O) groups is 1. The molecule has 2 heterocycles. The molecular weight excluding hydrogens is 421 g/mol. The lowest BCUT2D eigenvalue weighted by atomic mass is 10.1.